The van der Waals surface area contributed by atoms with Gasteiger partial charge in [-0.2, -0.15) is 0 Å². The highest BCUT2D eigenvalue weighted by Gasteiger charge is 2.37. The Kier molecular flexibility index (Phi) is 6.82. The van der Waals surface area contributed by atoms with Gasteiger partial charge in [-0.15, -0.1) is 0 Å². The topological polar surface area (TPSA) is 61.8 Å². The molecule has 0 unspecified atom stereocenters. The first-order valence-electron chi connectivity index (χ1n) is 11.7. The summed E-state index contributed by atoms with van der Waals surface area (Å²) < 4.78 is 5.62. The quantitative estimate of drug-likeness (QED) is 0.613. The van der Waals surface area contributed by atoms with Crippen molar-refractivity contribution in [2.75, 3.05) is 24.5 Å². The molecule has 1 aromatic carbocycles. The Labute approximate surface area is 201 Å². The van der Waals surface area contributed by atoms with Crippen LogP contribution in [0, 0.1) is 0 Å². The molecule has 1 amide bonds. The third-order valence-electron chi connectivity index (χ3n) is 6.23. The normalized spacial score (nSPS) is 21.6. The molecule has 178 valence electrons. The van der Waals surface area contributed by atoms with E-state index in [-0.39, 0.29) is 23.5 Å². The van der Waals surface area contributed by atoms with Gasteiger partial charge >= 0.3 is 6.09 Å². The summed E-state index contributed by atoms with van der Waals surface area (Å²) in [5.41, 5.74) is 2.96. The highest BCUT2D eigenvalue weighted by molar-refractivity contribution is 6.28. The van der Waals surface area contributed by atoms with Gasteiger partial charge in [0.25, 0.3) is 0 Å². The van der Waals surface area contributed by atoms with Crippen molar-refractivity contribution in [1.29, 1.82) is 0 Å². The molecule has 0 aliphatic carbocycles. The van der Waals surface area contributed by atoms with Crippen molar-refractivity contribution >= 4 is 23.5 Å². The van der Waals surface area contributed by atoms with Gasteiger partial charge in [0.15, 0.2) is 0 Å². The fourth-order valence-electron chi connectivity index (χ4n) is 4.65. The molecular formula is C25H34ClN5O2. The number of halogens is 1. The number of benzene rings is 1. The second kappa shape index (κ2) is 9.47. The molecule has 0 N–H and O–H groups in total. The lowest BCUT2D eigenvalue weighted by molar-refractivity contribution is 0.0129. The molecule has 33 heavy (non-hydrogen) atoms. The van der Waals surface area contributed by atoms with Crippen molar-refractivity contribution in [2.45, 2.75) is 71.8 Å². The van der Waals surface area contributed by atoms with Crippen molar-refractivity contribution in [3.63, 3.8) is 0 Å². The number of hydrogen-bond acceptors (Lipinski definition) is 6. The van der Waals surface area contributed by atoms with E-state index in [1.54, 1.807) is 0 Å². The number of piperazine rings is 1. The van der Waals surface area contributed by atoms with Crippen LogP contribution < -0.4 is 4.90 Å². The maximum Gasteiger partial charge on any atom is 0.410 e. The summed E-state index contributed by atoms with van der Waals surface area (Å²) in [6.07, 6.45) is 0.614. The highest BCUT2D eigenvalue weighted by Crippen LogP contribution is 2.32. The average molecular weight is 472 g/mol. The second-order valence-electron chi connectivity index (χ2n) is 10.2. The molecule has 2 aliphatic heterocycles. The summed E-state index contributed by atoms with van der Waals surface area (Å²) in [4.78, 5) is 28.5. The number of amides is 1. The van der Waals surface area contributed by atoms with E-state index in [2.05, 4.69) is 57.9 Å². The molecule has 0 radical (unpaired) electrons. The Morgan fingerprint density at radius 2 is 1.85 bits per heavy atom. The predicted molar refractivity (Wildman–Crippen MR) is 131 cm³/mol. The van der Waals surface area contributed by atoms with Gasteiger partial charge < -0.3 is 14.5 Å². The molecule has 1 saturated heterocycles. The summed E-state index contributed by atoms with van der Waals surface area (Å²) in [5, 5.41) is 0.278. The second-order valence-corrected chi connectivity index (χ2v) is 10.5. The van der Waals surface area contributed by atoms with Crippen molar-refractivity contribution in [3.05, 3.63) is 52.4 Å². The molecule has 7 nitrogen and oxygen atoms in total. The summed E-state index contributed by atoms with van der Waals surface area (Å²) in [7, 11) is 0. The molecule has 3 heterocycles. The highest BCUT2D eigenvalue weighted by atomic mass is 35.5. The SMILES string of the molecule is C[C@@H]1CN(c2nc(Cl)nc3c2CCN(Cc2ccccc2)C3)[C@@H](C)CN1C(=O)OC(C)(C)C. The third-order valence-corrected chi connectivity index (χ3v) is 6.40. The van der Waals surface area contributed by atoms with Crippen molar-refractivity contribution in [2.24, 2.45) is 0 Å². The number of aromatic nitrogens is 2. The van der Waals surface area contributed by atoms with E-state index in [1.165, 1.54) is 11.1 Å². The predicted octanol–water partition coefficient (Wildman–Crippen LogP) is 4.52. The van der Waals surface area contributed by atoms with Gasteiger partial charge in [-0.3, -0.25) is 4.90 Å². The number of anilines is 1. The minimum absolute atomic E-state index is 0.00129. The molecule has 2 atom stereocenters. The summed E-state index contributed by atoms with van der Waals surface area (Å²) in [5.74, 6) is 0.910. The van der Waals surface area contributed by atoms with Crippen LogP contribution in [0.15, 0.2) is 30.3 Å². The first-order chi connectivity index (χ1) is 15.6. The maximum atomic E-state index is 12.7. The van der Waals surface area contributed by atoms with Gasteiger partial charge in [0.05, 0.1) is 5.69 Å². The molecule has 0 spiro atoms. The number of fused-ring (bicyclic) bond motifs is 1. The smallest absolute Gasteiger partial charge is 0.410 e. The Bertz CT molecular complexity index is 994. The van der Waals surface area contributed by atoms with Crippen molar-refractivity contribution in [3.8, 4) is 0 Å². The number of hydrogen-bond donors (Lipinski definition) is 0. The molecule has 0 bridgehead atoms. The number of carbonyl (C=O) groups excluding carboxylic acids is 1. The number of ether oxygens (including phenoxy) is 1. The van der Waals surface area contributed by atoms with Gasteiger partial charge in [-0.05, 0) is 58.2 Å². The fourth-order valence-corrected chi connectivity index (χ4v) is 4.83. The minimum atomic E-state index is -0.512. The standard InChI is InChI=1S/C25H34ClN5O2/c1-17-14-31(24(32)33-25(3,4)5)18(2)13-30(17)22-20-11-12-29(15-19-9-7-6-8-10-19)16-21(20)27-23(26)28-22/h6-10,17-18H,11-16H2,1-5H3/t17-,18+/m0/s1. The molecule has 8 heteroatoms. The van der Waals surface area contributed by atoms with E-state index >= 15 is 0 Å². The van der Waals surface area contributed by atoms with Gasteiger partial charge in [-0.1, -0.05) is 30.3 Å². The van der Waals surface area contributed by atoms with Crippen LogP contribution in [-0.2, 0) is 24.2 Å². The van der Waals surface area contributed by atoms with Crippen LogP contribution in [0.25, 0.3) is 0 Å². The lowest BCUT2D eigenvalue weighted by atomic mass is 10.0. The Hall–Kier alpha value is -2.38. The lowest BCUT2D eigenvalue weighted by Gasteiger charge is -2.45. The van der Waals surface area contributed by atoms with Crippen LogP contribution in [0.5, 0.6) is 0 Å². The van der Waals surface area contributed by atoms with E-state index < -0.39 is 5.60 Å². The number of rotatable bonds is 3. The molecule has 2 aromatic rings. The summed E-state index contributed by atoms with van der Waals surface area (Å²) in [6, 6.07) is 10.6. The zero-order chi connectivity index (χ0) is 23.8. The van der Waals surface area contributed by atoms with Gasteiger partial charge in [0.2, 0.25) is 5.28 Å². The monoisotopic (exact) mass is 471 g/mol. The molecule has 0 saturated carbocycles. The zero-order valence-electron chi connectivity index (χ0n) is 20.2. The van der Waals surface area contributed by atoms with Crippen LogP contribution in [0.2, 0.25) is 5.28 Å². The summed E-state index contributed by atoms with van der Waals surface area (Å²) in [6.45, 7) is 13.7. The average Bonchev–Trinajstić information content (AvgIpc) is 2.73. The van der Waals surface area contributed by atoms with E-state index in [0.29, 0.717) is 13.1 Å². The Morgan fingerprint density at radius 3 is 2.55 bits per heavy atom. The van der Waals surface area contributed by atoms with Crippen LogP contribution >= 0.6 is 11.6 Å². The Balaban J connectivity index is 1.52. The number of carbonyl (C=O) groups is 1. The molecule has 1 fully saturated rings. The first-order valence-corrected chi connectivity index (χ1v) is 12.1. The zero-order valence-corrected chi connectivity index (χ0v) is 21.0. The van der Waals surface area contributed by atoms with Crippen LogP contribution in [0.4, 0.5) is 10.6 Å². The first kappa shape index (κ1) is 23.8. The molecule has 1 aromatic heterocycles. The van der Waals surface area contributed by atoms with Crippen molar-refractivity contribution < 1.29 is 9.53 Å². The van der Waals surface area contributed by atoms with E-state index in [1.807, 2.05) is 31.7 Å². The largest absolute Gasteiger partial charge is 0.444 e. The van der Waals surface area contributed by atoms with Gasteiger partial charge in [0.1, 0.15) is 11.4 Å². The van der Waals surface area contributed by atoms with Crippen LogP contribution in [0.1, 0.15) is 51.4 Å². The third kappa shape index (κ3) is 5.58. The number of nitrogens with zero attached hydrogens (tertiary/aromatic N) is 5. The minimum Gasteiger partial charge on any atom is -0.444 e. The van der Waals surface area contributed by atoms with Crippen LogP contribution in [-0.4, -0.2) is 63.2 Å². The Morgan fingerprint density at radius 1 is 1.12 bits per heavy atom. The lowest BCUT2D eigenvalue weighted by Crippen LogP contribution is -2.59. The summed E-state index contributed by atoms with van der Waals surface area (Å²) >= 11 is 6.39. The molecular weight excluding hydrogens is 438 g/mol. The van der Waals surface area contributed by atoms with E-state index in [0.717, 1.165) is 37.6 Å². The van der Waals surface area contributed by atoms with Gasteiger partial charge in [-0.25, -0.2) is 14.8 Å². The maximum absolute atomic E-state index is 12.7. The van der Waals surface area contributed by atoms with Crippen LogP contribution in [0.3, 0.4) is 0 Å². The van der Waals surface area contributed by atoms with E-state index in [4.69, 9.17) is 16.3 Å². The van der Waals surface area contributed by atoms with Crippen molar-refractivity contribution in [1.82, 2.24) is 19.8 Å². The van der Waals surface area contributed by atoms with E-state index in [9.17, 15) is 4.79 Å². The van der Waals surface area contributed by atoms with Gasteiger partial charge in [0, 0.05) is 50.4 Å². The fraction of sp³-hybridized carbons (Fsp3) is 0.560. The molecule has 2 aliphatic rings. The molecule has 4 rings (SSSR count).